The third kappa shape index (κ3) is 6.41. The van der Waals surface area contributed by atoms with Crippen LogP contribution in [0.2, 0.25) is 0 Å². The van der Waals surface area contributed by atoms with Gasteiger partial charge < -0.3 is 24.3 Å². The number of carbonyl (C=O) groups excluding carboxylic acids is 2. The first kappa shape index (κ1) is 33.5. The van der Waals surface area contributed by atoms with Gasteiger partial charge in [0.15, 0.2) is 5.43 Å². The Hall–Kier alpha value is -6.01. The van der Waals surface area contributed by atoms with E-state index in [1.165, 1.54) is 18.2 Å². The number of benzene rings is 4. The number of allylic oxidation sites excluding steroid dienone is 1. The molecule has 3 unspecified atom stereocenters. The lowest BCUT2D eigenvalue weighted by molar-refractivity contribution is -0.150. The summed E-state index contributed by atoms with van der Waals surface area (Å²) in [7, 11) is -0.0555. The molecule has 3 heterocycles. The molecule has 1 fully saturated rings. The summed E-state index contributed by atoms with van der Waals surface area (Å²) >= 11 is 0. The second kappa shape index (κ2) is 13.7. The molecule has 0 spiro atoms. The first-order valence-corrected chi connectivity index (χ1v) is 17.5. The van der Waals surface area contributed by atoms with Crippen LogP contribution in [0.1, 0.15) is 11.1 Å². The van der Waals surface area contributed by atoms with Gasteiger partial charge in [0.2, 0.25) is 5.91 Å². The maximum absolute atomic E-state index is 13.2. The number of aliphatic carboxylic acids is 1. The molecular weight excluding hydrogens is 673 g/mol. The molecule has 7 rings (SSSR count). The van der Waals surface area contributed by atoms with Gasteiger partial charge in [-0.05, 0) is 71.7 Å². The van der Waals surface area contributed by atoms with Gasteiger partial charge in [0.1, 0.15) is 46.6 Å². The van der Waals surface area contributed by atoms with Gasteiger partial charge in [-0.25, -0.2) is 4.79 Å². The van der Waals surface area contributed by atoms with Crippen LogP contribution in [0.5, 0.6) is 11.5 Å². The Morgan fingerprint density at radius 1 is 1.00 bits per heavy atom. The van der Waals surface area contributed by atoms with E-state index in [0.29, 0.717) is 17.1 Å². The summed E-state index contributed by atoms with van der Waals surface area (Å²) in [5.74, 6) is -0.899. The number of rotatable bonds is 10. The Morgan fingerprint density at radius 2 is 1.76 bits per heavy atom. The fourth-order valence-corrected chi connectivity index (χ4v) is 8.19. The molecule has 3 aromatic carbocycles. The van der Waals surface area contributed by atoms with E-state index in [9.17, 15) is 28.5 Å². The average molecular weight is 705 g/mol. The van der Waals surface area contributed by atoms with Crippen molar-refractivity contribution in [3.05, 3.63) is 130 Å². The van der Waals surface area contributed by atoms with E-state index in [1.54, 1.807) is 55.7 Å². The smallest absolute Gasteiger partial charge is 0.352 e. The summed E-state index contributed by atoms with van der Waals surface area (Å²) < 4.78 is 30.8. The molecular formula is C39H32N2O9S. The lowest BCUT2D eigenvalue weighted by Gasteiger charge is -2.48. The summed E-state index contributed by atoms with van der Waals surface area (Å²) in [5, 5.41) is 12.5. The Bertz CT molecular complexity index is 2330. The van der Waals surface area contributed by atoms with Gasteiger partial charge in [0, 0.05) is 28.6 Å². The molecule has 3 aliphatic heterocycles. The Morgan fingerprint density at radius 3 is 2.51 bits per heavy atom. The van der Waals surface area contributed by atoms with E-state index < -0.39 is 40.0 Å². The summed E-state index contributed by atoms with van der Waals surface area (Å²) in [6, 6.07) is 23.8. The van der Waals surface area contributed by atoms with Crippen molar-refractivity contribution in [2.45, 2.75) is 24.8 Å². The monoisotopic (exact) mass is 704 g/mol. The summed E-state index contributed by atoms with van der Waals surface area (Å²) in [6.07, 6.45) is 3.11. The van der Waals surface area contributed by atoms with Crippen molar-refractivity contribution in [2.75, 3.05) is 19.5 Å². The van der Waals surface area contributed by atoms with Gasteiger partial charge in [-0.3, -0.25) is 23.5 Å². The van der Waals surface area contributed by atoms with Gasteiger partial charge in [-0.1, -0.05) is 42.5 Å². The van der Waals surface area contributed by atoms with Gasteiger partial charge >= 0.3 is 5.97 Å². The fourth-order valence-electron chi connectivity index (χ4n) is 6.55. The van der Waals surface area contributed by atoms with E-state index in [2.05, 4.69) is 5.32 Å². The second-order valence-electron chi connectivity index (χ2n) is 12.2. The zero-order valence-electron chi connectivity index (χ0n) is 27.6. The standard InChI is InChI=1S/C39H32N2O9S/c1-22-17-26(48-2)11-14-28(22)34-29-13-10-25(42)19-31(29)50-32-20-27(12-15-30(32)34)49-16-6-9-24-21-51(47)38-35(37(44)41(38)36(24)39(45)46)40-33(43)18-23-7-4-3-5-8-23/h3-15,17,19-20,35,38H,16,18,21H2,1-2H3,(H,40,43)(H,45,46)/b9-6-. The summed E-state index contributed by atoms with van der Waals surface area (Å²) in [4.78, 5) is 51.3. The highest BCUT2D eigenvalue weighted by Crippen LogP contribution is 2.42. The molecule has 11 nitrogen and oxygen atoms in total. The summed E-state index contributed by atoms with van der Waals surface area (Å²) in [6.45, 7) is 2.01. The van der Waals surface area contributed by atoms with Crippen LogP contribution < -0.4 is 20.2 Å². The molecule has 12 heteroatoms. The number of carboxylic acid groups (broad SMARTS) is 1. The summed E-state index contributed by atoms with van der Waals surface area (Å²) in [5.41, 5.74) is 4.60. The molecule has 258 valence electrons. The van der Waals surface area contributed by atoms with E-state index >= 15 is 0 Å². The van der Waals surface area contributed by atoms with Crippen LogP contribution in [0.15, 0.2) is 118 Å². The molecule has 0 saturated carbocycles. The van der Waals surface area contributed by atoms with Crippen molar-refractivity contribution in [1.29, 1.82) is 0 Å². The van der Waals surface area contributed by atoms with E-state index in [4.69, 9.17) is 13.9 Å². The number of aryl methyl sites for hydroxylation is 1. The number of hydrogen-bond donors (Lipinski definition) is 2. The van der Waals surface area contributed by atoms with Gasteiger partial charge in [-0.2, -0.15) is 0 Å². The lowest BCUT2D eigenvalue weighted by atomic mass is 9.91. The number of carbonyl (C=O) groups is 3. The van der Waals surface area contributed by atoms with Crippen molar-refractivity contribution in [2.24, 2.45) is 0 Å². The largest absolute Gasteiger partial charge is 0.497 e. The van der Waals surface area contributed by atoms with Crippen LogP contribution in [0.4, 0.5) is 0 Å². The highest BCUT2D eigenvalue weighted by atomic mass is 32.2. The number of nitrogens with one attached hydrogen (secondary N) is 1. The molecule has 0 bridgehead atoms. The van der Waals surface area contributed by atoms with Crippen molar-refractivity contribution in [3.8, 4) is 33.9 Å². The first-order chi connectivity index (χ1) is 24.6. The van der Waals surface area contributed by atoms with Crippen LogP contribution in [-0.4, -0.2) is 62.9 Å². The predicted octanol–water partition coefficient (Wildman–Crippen LogP) is 4.81. The molecule has 1 saturated heterocycles. The Kier molecular flexibility index (Phi) is 9.01. The van der Waals surface area contributed by atoms with E-state index in [0.717, 1.165) is 43.9 Å². The van der Waals surface area contributed by atoms with E-state index in [1.807, 2.05) is 37.3 Å². The molecule has 1 aliphatic carbocycles. The third-order valence-corrected chi connectivity index (χ3v) is 10.5. The Labute approximate surface area is 294 Å². The van der Waals surface area contributed by atoms with Crippen LogP contribution in [0.3, 0.4) is 0 Å². The second-order valence-corrected chi connectivity index (χ2v) is 13.7. The van der Waals surface area contributed by atoms with Crippen molar-refractivity contribution in [1.82, 2.24) is 10.2 Å². The number of fused-ring (bicyclic) bond motifs is 3. The molecule has 2 N–H and O–H groups in total. The minimum Gasteiger partial charge on any atom is -0.497 e. The number of β-lactam (4-membered cyclic amide) rings is 1. The van der Waals surface area contributed by atoms with Crippen LogP contribution >= 0.6 is 0 Å². The zero-order chi connectivity index (χ0) is 35.8. The van der Waals surface area contributed by atoms with Crippen molar-refractivity contribution >= 4 is 39.6 Å². The van der Waals surface area contributed by atoms with Gasteiger partial charge in [0.05, 0.1) is 30.1 Å². The topological polar surface area (TPSA) is 152 Å². The molecule has 51 heavy (non-hydrogen) atoms. The number of amides is 2. The fraction of sp³-hybridized carbons (Fsp3) is 0.179. The molecule has 0 radical (unpaired) electrons. The van der Waals surface area contributed by atoms with Crippen molar-refractivity contribution in [3.63, 3.8) is 0 Å². The first-order valence-electron chi connectivity index (χ1n) is 16.1. The normalized spacial score (nSPS) is 18.5. The Balaban J connectivity index is 1.10. The highest BCUT2D eigenvalue weighted by molar-refractivity contribution is 7.86. The maximum atomic E-state index is 13.2. The highest BCUT2D eigenvalue weighted by Gasteiger charge is 2.56. The van der Waals surface area contributed by atoms with Gasteiger partial charge in [0.25, 0.3) is 5.91 Å². The number of ether oxygens (including phenoxy) is 2. The van der Waals surface area contributed by atoms with Crippen molar-refractivity contribution < 1.29 is 37.6 Å². The third-order valence-electron chi connectivity index (χ3n) is 8.91. The maximum Gasteiger partial charge on any atom is 0.352 e. The number of hydrogen-bond acceptors (Lipinski definition) is 8. The molecule has 4 aliphatic rings. The minimum atomic E-state index is -1.67. The van der Waals surface area contributed by atoms with E-state index in [-0.39, 0.29) is 35.5 Å². The lowest BCUT2D eigenvalue weighted by Crippen LogP contribution is -2.73. The average Bonchev–Trinajstić information content (AvgIpc) is 3.11. The number of carboxylic acids is 1. The SMILES string of the molecule is COc1ccc(-c2c3ccc(=O)cc-3oc3cc(OC/C=C\C4=C(C(=O)O)N5C(=O)C(NC(=O)Cc6ccccc6)C5S(=O)C4)ccc23)c(C)c1. The zero-order valence-corrected chi connectivity index (χ0v) is 28.4. The van der Waals surface area contributed by atoms with Gasteiger partial charge in [-0.15, -0.1) is 0 Å². The number of methoxy groups -OCH3 is 1. The van der Waals surface area contributed by atoms with Crippen LogP contribution in [0.25, 0.3) is 33.4 Å². The molecule has 0 aromatic heterocycles. The van der Waals surface area contributed by atoms with Crippen LogP contribution in [0, 0.1) is 6.92 Å². The molecule has 2 amide bonds. The molecule has 3 aromatic rings. The molecule has 3 atom stereocenters. The quantitative estimate of drug-likeness (QED) is 0.154. The minimum absolute atomic E-state index is 0.0207. The number of nitrogens with zero attached hydrogens (tertiary/aromatic N) is 1. The van der Waals surface area contributed by atoms with Crippen LogP contribution in [-0.2, 0) is 31.6 Å². The predicted molar refractivity (Wildman–Crippen MR) is 191 cm³/mol.